The van der Waals surface area contributed by atoms with E-state index in [1.165, 1.54) is 51.5 Å². The van der Waals surface area contributed by atoms with Crippen LogP contribution < -0.4 is 5.32 Å². The predicted octanol–water partition coefficient (Wildman–Crippen LogP) is 4.00. The van der Waals surface area contributed by atoms with Crippen molar-refractivity contribution in [2.24, 2.45) is 17.3 Å². The van der Waals surface area contributed by atoms with Gasteiger partial charge in [-0.05, 0) is 62.3 Å². The van der Waals surface area contributed by atoms with E-state index in [9.17, 15) is 0 Å². The lowest BCUT2D eigenvalue weighted by Crippen LogP contribution is -2.35. The molecule has 1 heterocycles. The van der Waals surface area contributed by atoms with Crippen LogP contribution in [0.15, 0.2) is 0 Å². The molecule has 2 aliphatic rings. The van der Waals surface area contributed by atoms with Crippen molar-refractivity contribution in [2.75, 3.05) is 19.8 Å². The van der Waals surface area contributed by atoms with Crippen molar-refractivity contribution in [3.05, 3.63) is 0 Å². The molecule has 0 spiro atoms. The van der Waals surface area contributed by atoms with Gasteiger partial charge in [0.1, 0.15) is 0 Å². The average molecular weight is 267 g/mol. The molecule has 1 N–H and O–H groups in total. The molecule has 0 aromatic heterocycles. The second-order valence-corrected chi connectivity index (χ2v) is 7.73. The Morgan fingerprint density at radius 1 is 0.947 bits per heavy atom. The van der Waals surface area contributed by atoms with E-state index in [4.69, 9.17) is 4.74 Å². The normalized spacial score (nSPS) is 31.1. The molecule has 2 nitrogen and oxygen atoms in total. The van der Waals surface area contributed by atoms with E-state index in [0.717, 1.165) is 31.1 Å². The highest BCUT2D eigenvalue weighted by Gasteiger charge is 2.27. The highest BCUT2D eigenvalue weighted by Crippen LogP contribution is 2.36. The van der Waals surface area contributed by atoms with Crippen molar-refractivity contribution in [2.45, 2.75) is 71.8 Å². The van der Waals surface area contributed by atoms with Gasteiger partial charge in [0, 0.05) is 19.3 Å². The average Bonchev–Trinajstić information content (AvgIpc) is 2.62. The SMILES string of the molecule is CC(C)(C)C1CCCC(NCC2CCOCC2)CC1. The first kappa shape index (κ1) is 15.3. The number of ether oxygens (including phenoxy) is 1. The predicted molar refractivity (Wildman–Crippen MR) is 81.4 cm³/mol. The first-order chi connectivity index (χ1) is 9.05. The van der Waals surface area contributed by atoms with Crippen LogP contribution in [0.3, 0.4) is 0 Å². The van der Waals surface area contributed by atoms with Gasteiger partial charge < -0.3 is 10.1 Å². The van der Waals surface area contributed by atoms with Crippen molar-refractivity contribution in [1.29, 1.82) is 0 Å². The van der Waals surface area contributed by atoms with E-state index in [1.54, 1.807) is 0 Å². The van der Waals surface area contributed by atoms with Gasteiger partial charge >= 0.3 is 0 Å². The fraction of sp³-hybridized carbons (Fsp3) is 1.00. The first-order valence-electron chi connectivity index (χ1n) is 8.37. The van der Waals surface area contributed by atoms with Crippen molar-refractivity contribution < 1.29 is 4.74 Å². The minimum atomic E-state index is 0.496. The van der Waals surface area contributed by atoms with Gasteiger partial charge in [0.2, 0.25) is 0 Å². The molecule has 2 atom stereocenters. The third-order valence-electron chi connectivity index (χ3n) is 5.23. The highest BCUT2D eigenvalue weighted by atomic mass is 16.5. The zero-order chi connectivity index (χ0) is 13.7. The lowest BCUT2D eigenvalue weighted by molar-refractivity contribution is 0.0652. The molecule has 2 unspecified atom stereocenters. The largest absolute Gasteiger partial charge is 0.381 e. The number of hydrogen-bond donors (Lipinski definition) is 1. The van der Waals surface area contributed by atoms with Gasteiger partial charge in [0.15, 0.2) is 0 Å². The molecule has 1 saturated carbocycles. The van der Waals surface area contributed by atoms with E-state index < -0.39 is 0 Å². The monoisotopic (exact) mass is 267 g/mol. The quantitative estimate of drug-likeness (QED) is 0.780. The van der Waals surface area contributed by atoms with Gasteiger partial charge in [-0.3, -0.25) is 0 Å². The number of nitrogens with one attached hydrogen (secondary N) is 1. The first-order valence-corrected chi connectivity index (χ1v) is 8.37. The molecule has 0 aromatic rings. The Kier molecular flexibility index (Phi) is 5.70. The van der Waals surface area contributed by atoms with Crippen molar-refractivity contribution >= 4 is 0 Å². The Morgan fingerprint density at radius 3 is 2.37 bits per heavy atom. The molecule has 0 radical (unpaired) electrons. The van der Waals surface area contributed by atoms with Crippen molar-refractivity contribution in [3.63, 3.8) is 0 Å². The van der Waals surface area contributed by atoms with Crippen molar-refractivity contribution in [3.8, 4) is 0 Å². The maximum Gasteiger partial charge on any atom is 0.0469 e. The maximum absolute atomic E-state index is 5.44. The molecule has 2 heteroatoms. The zero-order valence-corrected chi connectivity index (χ0v) is 13.2. The molecule has 0 aromatic carbocycles. The van der Waals surface area contributed by atoms with Crippen LogP contribution in [0.25, 0.3) is 0 Å². The molecule has 2 fully saturated rings. The van der Waals surface area contributed by atoms with Gasteiger partial charge in [-0.25, -0.2) is 0 Å². The molecule has 2 rings (SSSR count). The van der Waals surface area contributed by atoms with Gasteiger partial charge in [0.05, 0.1) is 0 Å². The molecule has 1 aliphatic heterocycles. The number of hydrogen-bond acceptors (Lipinski definition) is 2. The van der Waals surface area contributed by atoms with Gasteiger partial charge in [-0.2, -0.15) is 0 Å². The van der Waals surface area contributed by atoms with Crippen LogP contribution in [0.4, 0.5) is 0 Å². The van der Waals surface area contributed by atoms with E-state index in [-0.39, 0.29) is 0 Å². The molecule has 1 aliphatic carbocycles. The van der Waals surface area contributed by atoms with Gasteiger partial charge in [-0.1, -0.05) is 27.2 Å². The van der Waals surface area contributed by atoms with Crippen molar-refractivity contribution in [1.82, 2.24) is 5.32 Å². The molecular formula is C17H33NO. The summed E-state index contributed by atoms with van der Waals surface area (Å²) in [7, 11) is 0. The van der Waals surface area contributed by atoms with Crippen LogP contribution in [0.2, 0.25) is 0 Å². The fourth-order valence-corrected chi connectivity index (χ4v) is 3.66. The summed E-state index contributed by atoms with van der Waals surface area (Å²) in [5.74, 6) is 1.78. The van der Waals surface area contributed by atoms with Crippen LogP contribution in [0.1, 0.15) is 65.7 Å². The third-order valence-corrected chi connectivity index (χ3v) is 5.23. The van der Waals surface area contributed by atoms with Crippen LogP contribution in [-0.2, 0) is 4.74 Å². The lowest BCUT2D eigenvalue weighted by atomic mass is 9.76. The Morgan fingerprint density at radius 2 is 1.68 bits per heavy atom. The third kappa shape index (κ3) is 5.07. The fourth-order valence-electron chi connectivity index (χ4n) is 3.66. The highest BCUT2D eigenvalue weighted by molar-refractivity contribution is 4.81. The van der Waals surface area contributed by atoms with E-state index in [2.05, 4.69) is 26.1 Å². The minimum Gasteiger partial charge on any atom is -0.381 e. The Hall–Kier alpha value is -0.0800. The second kappa shape index (κ2) is 7.08. The van der Waals surface area contributed by atoms with Crippen LogP contribution in [0.5, 0.6) is 0 Å². The smallest absolute Gasteiger partial charge is 0.0469 e. The summed E-state index contributed by atoms with van der Waals surface area (Å²) < 4.78 is 5.44. The topological polar surface area (TPSA) is 21.3 Å². The molecule has 0 amide bonds. The van der Waals surface area contributed by atoms with Crippen LogP contribution in [-0.4, -0.2) is 25.8 Å². The standard InChI is InChI=1S/C17H33NO/c1-17(2,3)15-5-4-6-16(8-7-15)18-13-14-9-11-19-12-10-14/h14-16,18H,4-13H2,1-3H3. The summed E-state index contributed by atoms with van der Waals surface area (Å²) in [5, 5.41) is 3.85. The molecule has 112 valence electrons. The Balaban J connectivity index is 1.70. The summed E-state index contributed by atoms with van der Waals surface area (Å²) in [5.41, 5.74) is 0.496. The van der Waals surface area contributed by atoms with E-state index >= 15 is 0 Å². The molecule has 19 heavy (non-hydrogen) atoms. The molecule has 0 bridgehead atoms. The zero-order valence-electron chi connectivity index (χ0n) is 13.2. The summed E-state index contributed by atoms with van der Waals surface area (Å²) in [6.45, 7) is 10.4. The Labute approximate surface area is 119 Å². The Bertz CT molecular complexity index is 252. The van der Waals surface area contributed by atoms with E-state index in [1.807, 2.05) is 0 Å². The molecular weight excluding hydrogens is 234 g/mol. The second-order valence-electron chi connectivity index (χ2n) is 7.73. The summed E-state index contributed by atoms with van der Waals surface area (Å²) in [6.07, 6.45) is 9.52. The number of rotatable bonds is 3. The van der Waals surface area contributed by atoms with Gasteiger partial charge in [-0.15, -0.1) is 0 Å². The summed E-state index contributed by atoms with van der Waals surface area (Å²) >= 11 is 0. The minimum absolute atomic E-state index is 0.496. The maximum atomic E-state index is 5.44. The summed E-state index contributed by atoms with van der Waals surface area (Å²) in [4.78, 5) is 0. The summed E-state index contributed by atoms with van der Waals surface area (Å²) in [6, 6.07) is 0.773. The van der Waals surface area contributed by atoms with E-state index in [0.29, 0.717) is 5.41 Å². The molecule has 1 saturated heterocycles. The van der Waals surface area contributed by atoms with Gasteiger partial charge in [0.25, 0.3) is 0 Å². The van der Waals surface area contributed by atoms with Crippen LogP contribution >= 0.6 is 0 Å². The lowest BCUT2D eigenvalue weighted by Gasteiger charge is -2.30. The van der Waals surface area contributed by atoms with Crippen LogP contribution in [0, 0.1) is 17.3 Å².